The Bertz CT molecular complexity index is 2360. The van der Waals surface area contributed by atoms with Crippen molar-refractivity contribution >= 4 is 83.2 Å². The summed E-state index contributed by atoms with van der Waals surface area (Å²) in [5, 5.41) is 0. The van der Waals surface area contributed by atoms with E-state index in [0.29, 0.717) is 9.79 Å². The summed E-state index contributed by atoms with van der Waals surface area (Å²) >= 11 is 11.9. The van der Waals surface area contributed by atoms with Gasteiger partial charge in [-0.05, 0) is 83.9 Å². The smallest absolute Gasteiger partial charge is 0.779 e. The largest absolute Gasteiger partial charge is 2.00 e. The molecule has 8 aromatic rings. The van der Waals surface area contributed by atoms with Gasteiger partial charge in [0.1, 0.15) is 0 Å². The second-order valence-corrected chi connectivity index (χ2v) is 13.9. The van der Waals surface area contributed by atoms with Crippen LogP contribution < -0.4 is 9.80 Å². The van der Waals surface area contributed by atoms with Crippen molar-refractivity contribution in [2.24, 2.45) is 9.98 Å². The number of aliphatic imine (C=N–C) groups is 2. The Morgan fingerprint density at radius 1 is 0.333 bits per heavy atom. The molecule has 270 valence electrons. The van der Waals surface area contributed by atoms with Crippen molar-refractivity contribution in [2.45, 2.75) is 9.79 Å². The fraction of sp³-hybridized carbons (Fsp3) is 0. The van der Waals surface area contributed by atoms with Gasteiger partial charge >= 0.3 is 19.5 Å². The van der Waals surface area contributed by atoms with Gasteiger partial charge in [-0.25, -0.2) is 0 Å². The topological polar surface area (TPSA) is 31.2 Å². The Balaban J connectivity index is 0.00000496. The van der Waals surface area contributed by atoms with E-state index < -0.39 is 0 Å². The maximum Gasteiger partial charge on any atom is 2.00 e. The first kappa shape index (κ1) is 39.0. The summed E-state index contributed by atoms with van der Waals surface area (Å²) < 4.78 is 0. The van der Waals surface area contributed by atoms with Crippen molar-refractivity contribution < 1.29 is 19.5 Å². The summed E-state index contributed by atoms with van der Waals surface area (Å²) in [5.74, 6) is 0. The van der Waals surface area contributed by atoms with Crippen molar-refractivity contribution in [3.05, 3.63) is 217 Å². The Labute approximate surface area is 358 Å². The van der Waals surface area contributed by atoms with E-state index in [9.17, 15) is 0 Å². The van der Waals surface area contributed by atoms with E-state index in [1.54, 1.807) is 0 Å². The Morgan fingerprint density at radius 3 is 0.947 bits per heavy atom. The maximum absolute atomic E-state index is 5.94. The van der Waals surface area contributed by atoms with Crippen LogP contribution in [0.15, 0.2) is 226 Å². The zero-order chi connectivity index (χ0) is 38.1. The number of nitrogens with zero attached hydrogens (tertiary/aromatic N) is 4. The molecule has 0 fully saturated rings. The third kappa shape index (κ3) is 9.09. The summed E-state index contributed by atoms with van der Waals surface area (Å²) in [6.45, 7) is 0. The van der Waals surface area contributed by atoms with Gasteiger partial charge in [-0.3, -0.25) is 9.98 Å². The molecule has 0 heterocycles. The average Bonchev–Trinajstić information content (AvgIpc) is 3.25. The van der Waals surface area contributed by atoms with Crippen molar-refractivity contribution in [3.8, 4) is 11.1 Å². The molecule has 0 aliphatic heterocycles. The molecule has 0 bridgehead atoms. The van der Waals surface area contributed by atoms with Gasteiger partial charge < -0.3 is 35.1 Å². The average molecular weight is 822 g/mol. The van der Waals surface area contributed by atoms with Gasteiger partial charge in [0.2, 0.25) is 0 Å². The Morgan fingerprint density at radius 2 is 0.632 bits per heavy atom. The molecular weight excluding hydrogens is 786 g/mol. The van der Waals surface area contributed by atoms with Crippen LogP contribution >= 0.6 is 0 Å². The van der Waals surface area contributed by atoms with Crippen LogP contribution in [-0.2, 0) is 44.7 Å². The van der Waals surface area contributed by atoms with Crippen LogP contribution in [0, 0.1) is 0 Å². The van der Waals surface area contributed by atoms with Gasteiger partial charge in [-0.1, -0.05) is 133 Å². The number of para-hydroxylation sites is 6. The molecule has 7 heteroatoms. The third-order valence-corrected chi connectivity index (χ3v) is 10.1. The van der Waals surface area contributed by atoms with Crippen LogP contribution in [0.25, 0.3) is 11.1 Å². The van der Waals surface area contributed by atoms with E-state index >= 15 is 0 Å². The monoisotopic (exact) mass is 820 g/mol. The molecule has 57 heavy (non-hydrogen) atoms. The van der Waals surface area contributed by atoms with Gasteiger partial charge in [0.25, 0.3) is 0 Å². The minimum absolute atomic E-state index is 0. The van der Waals surface area contributed by atoms with Crippen LogP contribution in [0.4, 0.5) is 45.5 Å². The van der Waals surface area contributed by atoms with E-state index in [0.717, 1.165) is 67.8 Å². The number of rotatable bonds is 11. The molecule has 4 nitrogen and oxygen atoms in total. The minimum Gasteiger partial charge on any atom is -0.779 e. The quantitative estimate of drug-likeness (QED) is 0.0739. The van der Waals surface area contributed by atoms with Crippen LogP contribution in [-0.4, -0.2) is 12.4 Å². The fourth-order valence-corrected chi connectivity index (χ4v) is 7.13. The first-order valence-electron chi connectivity index (χ1n) is 18.3. The zero-order valence-electron chi connectivity index (χ0n) is 31.1. The Hall–Kier alpha value is -6.24. The SMILES string of the molecule is [S-]c1cc(N(c2ccccc2)c2ccccc2)ccc1C=Nc1ccccc1-c1ccccc1N=Cc1ccc(N(c2ccccc2)c2ccccc2)cc1[S-].[Zn+2]. The van der Waals surface area contributed by atoms with Gasteiger partial charge in [0.15, 0.2) is 0 Å². The Kier molecular flexibility index (Phi) is 12.7. The first-order valence-corrected chi connectivity index (χ1v) is 19.1. The van der Waals surface area contributed by atoms with E-state index in [4.69, 9.17) is 35.2 Å². The van der Waals surface area contributed by atoms with Crippen molar-refractivity contribution in [1.82, 2.24) is 0 Å². The molecule has 0 atom stereocenters. The van der Waals surface area contributed by atoms with Gasteiger partial charge in [0, 0.05) is 57.7 Å². The minimum atomic E-state index is 0. The predicted octanol–water partition coefficient (Wildman–Crippen LogP) is 13.6. The molecule has 0 radical (unpaired) electrons. The molecule has 0 spiro atoms. The summed E-state index contributed by atoms with van der Waals surface area (Å²) in [7, 11) is 0. The van der Waals surface area contributed by atoms with Crippen LogP contribution in [0.5, 0.6) is 0 Å². The molecule has 0 saturated carbocycles. The zero-order valence-corrected chi connectivity index (χ0v) is 35.7. The molecule has 0 saturated heterocycles. The number of benzene rings is 8. The van der Waals surface area contributed by atoms with Gasteiger partial charge in [-0.2, -0.15) is 9.79 Å². The van der Waals surface area contributed by atoms with Crippen molar-refractivity contribution in [3.63, 3.8) is 0 Å². The third-order valence-electron chi connectivity index (χ3n) is 9.35. The normalized spacial score (nSPS) is 11.0. The molecule has 8 aromatic carbocycles. The second-order valence-electron chi connectivity index (χ2n) is 13.0. The summed E-state index contributed by atoms with van der Waals surface area (Å²) in [4.78, 5) is 15.8. The van der Waals surface area contributed by atoms with Crippen LogP contribution in [0.1, 0.15) is 11.1 Å². The molecular formula is C50H36N4S2Zn. The maximum atomic E-state index is 5.94. The molecule has 0 unspecified atom stereocenters. The molecule has 0 aliphatic rings. The van der Waals surface area contributed by atoms with Crippen LogP contribution in [0.2, 0.25) is 0 Å². The van der Waals surface area contributed by atoms with Gasteiger partial charge in [0.05, 0.1) is 11.4 Å². The number of hydrogen-bond donors (Lipinski definition) is 0. The standard InChI is InChI=1S/C50H38N4S2.Zn/c55-49-33-43(53(39-17-5-1-6-18-39)40-19-7-2-8-20-40)31-29-37(49)35-51-47-27-15-13-25-45(47)46-26-14-16-28-48(46)52-36-38-30-32-44(34-50(38)56)54(41-21-9-3-10-22-41)42-23-11-4-12-24-42;/h1-36,55-56H;/q;+2/p-2. The van der Waals surface area contributed by atoms with E-state index in [-0.39, 0.29) is 19.5 Å². The molecule has 0 aromatic heterocycles. The van der Waals surface area contributed by atoms with Crippen molar-refractivity contribution in [2.75, 3.05) is 9.80 Å². The summed E-state index contributed by atoms with van der Waals surface area (Å²) in [5.41, 5.74) is 11.5. The predicted molar refractivity (Wildman–Crippen MR) is 240 cm³/mol. The van der Waals surface area contributed by atoms with E-state index in [1.807, 2.05) is 146 Å². The van der Waals surface area contributed by atoms with Crippen molar-refractivity contribution in [1.29, 1.82) is 0 Å². The summed E-state index contributed by atoms with van der Waals surface area (Å²) in [6.07, 6.45) is 3.71. The van der Waals surface area contributed by atoms with Crippen LogP contribution in [0.3, 0.4) is 0 Å². The fourth-order valence-electron chi connectivity index (χ4n) is 6.65. The molecule has 0 amide bonds. The first-order chi connectivity index (χ1) is 27.6. The van der Waals surface area contributed by atoms with E-state index in [1.165, 1.54) is 0 Å². The van der Waals surface area contributed by atoms with Gasteiger partial charge in [-0.15, -0.1) is 0 Å². The molecule has 0 aliphatic carbocycles. The number of anilines is 6. The second kappa shape index (κ2) is 18.6. The molecule has 8 rings (SSSR count). The van der Waals surface area contributed by atoms with E-state index in [2.05, 4.69) is 82.6 Å². The summed E-state index contributed by atoms with van der Waals surface area (Å²) in [6, 6.07) is 69.8. The number of hydrogen-bond acceptors (Lipinski definition) is 6. The molecule has 0 N–H and O–H groups in total.